The molecule has 0 aliphatic rings. The molecule has 134 valence electrons. The van der Waals surface area contributed by atoms with Crippen LogP contribution in [0.15, 0.2) is 52.3 Å². The molecule has 5 nitrogen and oxygen atoms in total. The molecule has 2 aromatic rings. The second kappa shape index (κ2) is 7.94. The van der Waals surface area contributed by atoms with Crippen molar-refractivity contribution in [2.75, 3.05) is 25.2 Å². The van der Waals surface area contributed by atoms with Crippen molar-refractivity contribution in [2.24, 2.45) is 0 Å². The van der Waals surface area contributed by atoms with E-state index in [9.17, 15) is 22.0 Å². The fourth-order valence-corrected chi connectivity index (χ4v) is 3.48. The first kappa shape index (κ1) is 19.4. The molecule has 0 heterocycles. The van der Waals surface area contributed by atoms with E-state index >= 15 is 0 Å². The Kier molecular flexibility index (Phi) is 6.15. The van der Waals surface area contributed by atoms with Crippen LogP contribution in [0.3, 0.4) is 0 Å². The highest BCUT2D eigenvalue weighted by atomic mass is 32.2. The molecule has 25 heavy (non-hydrogen) atoms. The van der Waals surface area contributed by atoms with E-state index in [0.29, 0.717) is 5.69 Å². The van der Waals surface area contributed by atoms with E-state index in [2.05, 4.69) is 5.32 Å². The van der Waals surface area contributed by atoms with Gasteiger partial charge in [-0.1, -0.05) is 0 Å². The molecule has 9 heteroatoms. The Balaban J connectivity index is 1.97. The highest BCUT2D eigenvalue weighted by Crippen LogP contribution is 2.23. The minimum absolute atomic E-state index is 0.0691. The third kappa shape index (κ3) is 5.00. The molecule has 0 atom stereocenters. The van der Waals surface area contributed by atoms with Gasteiger partial charge in [-0.05, 0) is 36.4 Å². The van der Waals surface area contributed by atoms with Gasteiger partial charge in [0.15, 0.2) is 0 Å². The molecular formula is C16H16F2N2O3S2. The lowest BCUT2D eigenvalue weighted by Crippen LogP contribution is -2.22. The Bertz CT molecular complexity index is 869. The van der Waals surface area contributed by atoms with E-state index < -0.39 is 27.6 Å². The van der Waals surface area contributed by atoms with Crippen molar-refractivity contribution in [3.8, 4) is 0 Å². The Hall–Kier alpha value is -1.97. The maximum Gasteiger partial charge on any atom is 0.242 e. The van der Waals surface area contributed by atoms with Gasteiger partial charge in [-0.25, -0.2) is 21.5 Å². The summed E-state index contributed by atoms with van der Waals surface area (Å²) in [4.78, 5) is 12.2. The normalized spacial score (nSPS) is 11.6. The molecule has 0 saturated heterocycles. The minimum Gasteiger partial charge on any atom is -0.325 e. The Morgan fingerprint density at radius 1 is 1.12 bits per heavy atom. The zero-order valence-electron chi connectivity index (χ0n) is 13.5. The van der Waals surface area contributed by atoms with E-state index in [1.54, 1.807) is 0 Å². The van der Waals surface area contributed by atoms with Gasteiger partial charge in [0, 0.05) is 30.7 Å². The van der Waals surface area contributed by atoms with Crippen molar-refractivity contribution in [1.82, 2.24) is 4.31 Å². The number of benzene rings is 2. The van der Waals surface area contributed by atoms with Crippen molar-refractivity contribution < 1.29 is 22.0 Å². The van der Waals surface area contributed by atoms with Gasteiger partial charge in [0.2, 0.25) is 15.9 Å². The first-order valence-electron chi connectivity index (χ1n) is 7.10. The molecule has 2 aromatic carbocycles. The number of amides is 1. The molecular weight excluding hydrogens is 370 g/mol. The monoisotopic (exact) mass is 386 g/mol. The molecule has 0 spiro atoms. The van der Waals surface area contributed by atoms with Crippen LogP contribution in [-0.4, -0.2) is 38.5 Å². The molecule has 0 saturated carbocycles. The summed E-state index contributed by atoms with van der Waals surface area (Å²) in [5, 5.41) is 2.59. The SMILES string of the molecule is CN(C)S(=O)(=O)c1ccc(NC(=O)CSc2ccc(F)cc2F)cc1. The Labute approximate surface area is 149 Å². The first-order valence-corrected chi connectivity index (χ1v) is 9.53. The largest absolute Gasteiger partial charge is 0.325 e. The predicted octanol–water partition coefficient (Wildman–Crippen LogP) is 2.95. The van der Waals surface area contributed by atoms with Gasteiger partial charge in [-0.2, -0.15) is 0 Å². The summed E-state index contributed by atoms with van der Waals surface area (Å²) in [6.45, 7) is 0. The van der Waals surface area contributed by atoms with Gasteiger partial charge in [0.1, 0.15) is 11.6 Å². The summed E-state index contributed by atoms with van der Waals surface area (Å²) in [6, 6.07) is 8.85. The van der Waals surface area contributed by atoms with Gasteiger partial charge < -0.3 is 5.32 Å². The van der Waals surface area contributed by atoms with E-state index in [-0.39, 0.29) is 15.5 Å². The second-order valence-corrected chi connectivity index (χ2v) is 8.39. The number of hydrogen-bond acceptors (Lipinski definition) is 4. The molecule has 0 unspecified atom stereocenters. The maximum atomic E-state index is 13.5. The summed E-state index contributed by atoms with van der Waals surface area (Å²) < 4.78 is 51.3. The van der Waals surface area contributed by atoms with Gasteiger partial charge in [-0.15, -0.1) is 11.8 Å². The van der Waals surface area contributed by atoms with Gasteiger partial charge in [0.05, 0.1) is 10.6 Å². The number of halogens is 2. The van der Waals surface area contributed by atoms with Crippen LogP contribution in [0.2, 0.25) is 0 Å². The third-order valence-electron chi connectivity index (χ3n) is 3.17. The van der Waals surface area contributed by atoms with Crippen molar-refractivity contribution >= 4 is 33.4 Å². The molecule has 2 rings (SSSR count). The highest BCUT2D eigenvalue weighted by Gasteiger charge is 2.16. The summed E-state index contributed by atoms with van der Waals surface area (Å²) >= 11 is 0.938. The molecule has 0 aromatic heterocycles. The molecule has 0 aliphatic carbocycles. The lowest BCUT2D eigenvalue weighted by Gasteiger charge is -2.12. The molecule has 1 N–H and O–H groups in total. The van der Waals surface area contributed by atoms with Gasteiger partial charge >= 0.3 is 0 Å². The average Bonchev–Trinajstić information content (AvgIpc) is 2.54. The Morgan fingerprint density at radius 3 is 2.32 bits per heavy atom. The molecule has 0 radical (unpaired) electrons. The van der Waals surface area contributed by atoms with Crippen LogP contribution < -0.4 is 5.32 Å². The lowest BCUT2D eigenvalue weighted by molar-refractivity contribution is -0.113. The number of hydrogen-bond donors (Lipinski definition) is 1. The number of nitrogens with zero attached hydrogens (tertiary/aromatic N) is 1. The number of rotatable bonds is 6. The number of anilines is 1. The zero-order chi connectivity index (χ0) is 18.6. The van der Waals surface area contributed by atoms with E-state index in [4.69, 9.17) is 0 Å². The first-order chi connectivity index (χ1) is 11.7. The highest BCUT2D eigenvalue weighted by molar-refractivity contribution is 8.00. The number of nitrogens with one attached hydrogen (secondary N) is 1. The molecule has 0 bridgehead atoms. The standard InChI is InChI=1S/C16H16F2N2O3S2/c1-20(2)25(22,23)13-6-4-12(5-7-13)19-16(21)10-24-15-8-3-11(17)9-14(15)18/h3-9H,10H2,1-2H3,(H,19,21). The van der Waals surface area contributed by atoms with Crippen LogP contribution in [0, 0.1) is 11.6 Å². The van der Waals surface area contributed by atoms with Crippen molar-refractivity contribution in [2.45, 2.75) is 9.79 Å². The number of carbonyl (C=O) groups is 1. The van der Waals surface area contributed by atoms with Crippen molar-refractivity contribution in [3.05, 3.63) is 54.1 Å². The van der Waals surface area contributed by atoms with Crippen molar-refractivity contribution in [1.29, 1.82) is 0 Å². The van der Waals surface area contributed by atoms with E-state index in [1.165, 1.54) is 44.4 Å². The zero-order valence-corrected chi connectivity index (χ0v) is 15.1. The number of carbonyl (C=O) groups excluding carboxylic acids is 1. The summed E-state index contributed by atoms with van der Waals surface area (Å²) in [5.74, 6) is -1.87. The van der Waals surface area contributed by atoms with E-state index in [0.717, 1.165) is 28.2 Å². The van der Waals surface area contributed by atoms with Crippen LogP contribution >= 0.6 is 11.8 Å². The third-order valence-corrected chi connectivity index (χ3v) is 6.05. The van der Waals surface area contributed by atoms with Crippen LogP contribution in [0.1, 0.15) is 0 Å². The van der Waals surface area contributed by atoms with Crippen LogP contribution in [0.5, 0.6) is 0 Å². The van der Waals surface area contributed by atoms with E-state index in [1.807, 2.05) is 0 Å². The molecule has 0 aliphatic heterocycles. The molecule has 0 fully saturated rings. The summed E-state index contributed by atoms with van der Waals surface area (Å²) in [6.07, 6.45) is 0. The maximum absolute atomic E-state index is 13.5. The Morgan fingerprint density at radius 2 is 1.76 bits per heavy atom. The quantitative estimate of drug-likeness (QED) is 0.776. The number of sulfonamides is 1. The predicted molar refractivity (Wildman–Crippen MR) is 93.0 cm³/mol. The fourth-order valence-electron chi connectivity index (χ4n) is 1.85. The summed E-state index contributed by atoms with van der Waals surface area (Å²) in [7, 11) is -0.678. The second-order valence-electron chi connectivity index (χ2n) is 5.22. The lowest BCUT2D eigenvalue weighted by atomic mass is 10.3. The smallest absolute Gasteiger partial charge is 0.242 e. The van der Waals surface area contributed by atoms with Crippen LogP contribution in [0.25, 0.3) is 0 Å². The van der Waals surface area contributed by atoms with Crippen LogP contribution in [0.4, 0.5) is 14.5 Å². The number of thioether (sulfide) groups is 1. The fraction of sp³-hybridized carbons (Fsp3) is 0.188. The average molecular weight is 386 g/mol. The molecule has 1 amide bonds. The summed E-state index contributed by atoms with van der Waals surface area (Å²) in [5.41, 5.74) is 0.419. The van der Waals surface area contributed by atoms with Crippen molar-refractivity contribution in [3.63, 3.8) is 0 Å². The van der Waals surface area contributed by atoms with Crippen LogP contribution in [-0.2, 0) is 14.8 Å². The minimum atomic E-state index is -3.53. The van der Waals surface area contributed by atoms with Gasteiger partial charge in [-0.3, -0.25) is 4.79 Å². The topological polar surface area (TPSA) is 66.5 Å². The van der Waals surface area contributed by atoms with Gasteiger partial charge in [0.25, 0.3) is 0 Å².